The van der Waals surface area contributed by atoms with E-state index in [0.717, 1.165) is 18.1 Å². The quantitative estimate of drug-likeness (QED) is 0.616. The van der Waals surface area contributed by atoms with Crippen LogP contribution in [0.5, 0.6) is 0 Å². The molecule has 0 aliphatic rings. The molecule has 4 heteroatoms. The zero-order valence-corrected chi connectivity index (χ0v) is 8.91. The zero-order valence-electron chi connectivity index (χ0n) is 8.09. The molecule has 0 bridgehead atoms. The van der Waals surface area contributed by atoms with Crippen molar-refractivity contribution in [1.29, 1.82) is 0 Å². The molecular formula is C8H18N2OS. The summed E-state index contributed by atoms with van der Waals surface area (Å²) in [6.07, 6.45) is 0. The van der Waals surface area contributed by atoms with Crippen molar-refractivity contribution in [3.05, 3.63) is 0 Å². The van der Waals surface area contributed by atoms with E-state index in [9.17, 15) is 4.79 Å². The first-order valence-corrected chi connectivity index (χ1v) is 5.31. The van der Waals surface area contributed by atoms with Crippen molar-refractivity contribution < 1.29 is 4.79 Å². The van der Waals surface area contributed by atoms with Crippen LogP contribution in [0.3, 0.4) is 0 Å². The number of nitrogens with zero attached hydrogens (tertiary/aromatic N) is 1. The highest BCUT2D eigenvalue weighted by molar-refractivity contribution is 7.99. The highest BCUT2D eigenvalue weighted by Gasteiger charge is 2.00. The minimum atomic E-state index is 0.108. The Morgan fingerprint density at radius 1 is 1.50 bits per heavy atom. The van der Waals surface area contributed by atoms with Crippen LogP contribution >= 0.6 is 11.8 Å². The Morgan fingerprint density at radius 3 is 2.67 bits per heavy atom. The van der Waals surface area contributed by atoms with Crippen LogP contribution in [0.1, 0.15) is 6.92 Å². The van der Waals surface area contributed by atoms with Crippen LogP contribution < -0.4 is 5.32 Å². The molecule has 0 spiro atoms. The standard InChI is InChI=1S/C8H18N2OS/c1-4-12-6-5-9-8(11)7-10(2)3/h4-7H2,1-3H3,(H,9,11). The van der Waals surface area contributed by atoms with Gasteiger partial charge in [0.1, 0.15) is 0 Å². The first-order valence-electron chi connectivity index (χ1n) is 4.16. The van der Waals surface area contributed by atoms with Crippen LogP contribution in [0, 0.1) is 0 Å². The summed E-state index contributed by atoms with van der Waals surface area (Å²) in [6.45, 7) is 3.38. The molecule has 0 aliphatic carbocycles. The van der Waals surface area contributed by atoms with Crippen molar-refractivity contribution in [2.75, 3.05) is 38.7 Å². The molecule has 0 heterocycles. The van der Waals surface area contributed by atoms with E-state index in [0.29, 0.717) is 6.54 Å². The molecule has 1 N–H and O–H groups in total. The second kappa shape index (κ2) is 7.43. The normalized spacial score (nSPS) is 10.3. The number of hydrogen-bond acceptors (Lipinski definition) is 3. The predicted octanol–water partition coefficient (Wildman–Crippen LogP) is 0.417. The summed E-state index contributed by atoms with van der Waals surface area (Å²) in [5, 5.41) is 2.85. The Hall–Kier alpha value is -0.220. The predicted molar refractivity (Wildman–Crippen MR) is 54.6 cm³/mol. The van der Waals surface area contributed by atoms with E-state index in [-0.39, 0.29) is 5.91 Å². The molecular weight excluding hydrogens is 172 g/mol. The van der Waals surface area contributed by atoms with Crippen molar-refractivity contribution >= 4 is 17.7 Å². The number of carbonyl (C=O) groups excluding carboxylic acids is 1. The van der Waals surface area contributed by atoms with Crippen molar-refractivity contribution in [1.82, 2.24) is 10.2 Å². The lowest BCUT2D eigenvalue weighted by molar-refractivity contribution is -0.121. The van der Waals surface area contributed by atoms with Gasteiger partial charge in [-0.3, -0.25) is 4.79 Å². The summed E-state index contributed by atoms with van der Waals surface area (Å²) in [5.41, 5.74) is 0. The summed E-state index contributed by atoms with van der Waals surface area (Å²) < 4.78 is 0. The molecule has 3 nitrogen and oxygen atoms in total. The third-order valence-electron chi connectivity index (χ3n) is 1.23. The van der Waals surface area contributed by atoms with Gasteiger partial charge in [-0.15, -0.1) is 0 Å². The number of thioether (sulfide) groups is 1. The van der Waals surface area contributed by atoms with Gasteiger partial charge in [-0.2, -0.15) is 11.8 Å². The van der Waals surface area contributed by atoms with Crippen molar-refractivity contribution in [3.63, 3.8) is 0 Å². The van der Waals surface area contributed by atoms with Gasteiger partial charge < -0.3 is 10.2 Å². The molecule has 12 heavy (non-hydrogen) atoms. The third kappa shape index (κ3) is 7.88. The van der Waals surface area contributed by atoms with Gasteiger partial charge in [-0.1, -0.05) is 6.92 Å². The molecule has 1 amide bonds. The lowest BCUT2D eigenvalue weighted by Gasteiger charge is -2.09. The Balaban J connectivity index is 3.20. The van der Waals surface area contributed by atoms with Gasteiger partial charge in [-0.05, 0) is 19.8 Å². The number of carbonyl (C=O) groups is 1. The smallest absolute Gasteiger partial charge is 0.234 e. The molecule has 0 saturated carbocycles. The van der Waals surface area contributed by atoms with Gasteiger partial charge in [0, 0.05) is 12.3 Å². The van der Waals surface area contributed by atoms with Gasteiger partial charge >= 0.3 is 0 Å². The molecule has 0 fully saturated rings. The van der Waals surface area contributed by atoms with Crippen molar-refractivity contribution in [2.24, 2.45) is 0 Å². The van der Waals surface area contributed by atoms with Crippen LogP contribution in [-0.4, -0.2) is 49.5 Å². The maximum Gasteiger partial charge on any atom is 0.234 e. The Labute approximate surface area is 78.9 Å². The fraction of sp³-hybridized carbons (Fsp3) is 0.875. The van der Waals surface area contributed by atoms with Crippen LogP contribution in [0.15, 0.2) is 0 Å². The van der Waals surface area contributed by atoms with E-state index >= 15 is 0 Å². The number of rotatable bonds is 6. The summed E-state index contributed by atoms with van der Waals surface area (Å²) in [4.78, 5) is 12.9. The van der Waals surface area contributed by atoms with Crippen molar-refractivity contribution in [2.45, 2.75) is 6.92 Å². The number of hydrogen-bond donors (Lipinski definition) is 1. The molecule has 72 valence electrons. The zero-order chi connectivity index (χ0) is 9.40. The number of nitrogens with one attached hydrogen (secondary N) is 1. The summed E-state index contributed by atoms with van der Waals surface area (Å²) in [6, 6.07) is 0. The number of amides is 1. The fourth-order valence-corrected chi connectivity index (χ4v) is 1.29. The fourth-order valence-electron chi connectivity index (χ4n) is 0.750. The van der Waals surface area contributed by atoms with E-state index in [1.807, 2.05) is 30.8 Å². The Bertz CT molecular complexity index is 128. The first kappa shape index (κ1) is 11.8. The second-order valence-electron chi connectivity index (χ2n) is 2.78. The molecule has 0 aromatic rings. The minimum Gasteiger partial charge on any atom is -0.354 e. The minimum absolute atomic E-state index is 0.108. The van der Waals surface area contributed by atoms with Crippen LogP contribution in [-0.2, 0) is 4.79 Å². The molecule has 0 aromatic heterocycles. The van der Waals surface area contributed by atoms with E-state index in [1.165, 1.54) is 0 Å². The van der Waals surface area contributed by atoms with Gasteiger partial charge in [0.25, 0.3) is 0 Å². The molecule has 0 aliphatic heterocycles. The average molecular weight is 190 g/mol. The molecule has 0 unspecified atom stereocenters. The van der Waals surface area contributed by atoms with E-state index in [2.05, 4.69) is 12.2 Å². The molecule has 0 rings (SSSR count). The van der Waals surface area contributed by atoms with Gasteiger partial charge in [0.15, 0.2) is 0 Å². The topological polar surface area (TPSA) is 32.3 Å². The lowest BCUT2D eigenvalue weighted by Crippen LogP contribution is -2.34. The van der Waals surface area contributed by atoms with E-state index in [1.54, 1.807) is 0 Å². The van der Waals surface area contributed by atoms with Crippen LogP contribution in [0.25, 0.3) is 0 Å². The summed E-state index contributed by atoms with van der Waals surface area (Å²) in [7, 11) is 3.78. The maximum atomic E-state index is 11.1. The van der Waals surface area contributed by atoms with Crippen LogP contribution in [0.4, 0.5) is 0 Å². The third-order valence-corrected chi connectivity index (χ3v) is 2.13. The largest absolute Gasteiger partial charge is 0.354 e. The number of likely N-dealkylation sites (N-methyl/N-ethyl adjacent to an activating group) is 1. The summed E-state index contributed by atoms with van der Waals surface area (Å²) >= 11 is 1.84. The molecule has 0 aromatic carbocycles. The Kier molecular flexibility index (Phi) is 7.29. The molecule has 0 atom stereocenters. The lowest BCUT2D eigenvalue weighted by atomic mass is 10.5. The van der Waals surface area contributed by atoms with Gasteiger partial charge in [-0.25, -0.2) is 0 Å². The second-order valence-corrected chi connectivity index (χ2v) is 4.18. The van der Waals surface area contributed by atoms with Gasteiger partial charge in [0.05, 0.1) is 6.54 Å². The maximum absolute atomic E-state index is 11.1. The highest BCUT2D eigenvalue weighted by atomic mass is 32.2. The highest BCUT2D eigenvalue weighted by Crippen LogP contribution is 1.94. The van der Waals surface area contributed by atoms with E-state index in [4.69, 9.17) is 0 Å². The molecule has 0 radical (unpaired) electrons. The SMILES string of the molecule is CCSCCNC(=O)CN(C)C. The van der Waals surface area contributed by atoms with Crippen LogP contribution in [0.2, 0.25) is 0 Å². The average Bonchev–Trinajstić information content (AvgIpc) is 1.97. The monoisotopic (exact) mass is 190 g/mol. The Morgan fingerprint density at radius 2 is 2.17 bits per heavy atom. The summed E-state index contributed by atoms with van der Waals surface area (Å²) in [5.74, 6) is 2.23. The van der Waals surface area contributed by atoms with Gasteiger partial charge in [0.2, 0.25) is 5.91 Å². The molecule has 0 saturated heterocycles. The first-order chi connectivity index (χ1) is 5.66. The van der Waals surface area contributed by atoms with E-state index < -0.39 is 0 Å². The van der Waals surface area contributed by atoms with Crippen molar-refractivity contribution in [3.8, 4) is 0 Å².